The maximum Gasteiger partial charge on any atom is 0.312 e. The minimum Gasteiger partial charge on any atom is -0.466 e. The molecule has 160 valence electrons. The van der Waals surface area contributed by atoms with Crippen LogP contribution in [-0.2, 0) is 25.5 Å². The molecule has 2 aliphatic rings. The number of esters is 1. The molecule has 0 aliphatic carbocycles. The van der Waals surface area contributed by atoms with Crippen LogP contribution in [0.4, 0.5) is 0 Å². The summed E-state index contributed by atoms with van der Waals surface area (Å²) in [5.74, 6) is -0.0286. The number of ether oxygens (including phenoxy) is 2. The van der Waals surface area contributed by atoms with Crippen LogP contribution < -0.4 is 0 Å². The molecule has 0 radical (unpaired) electrons. The molecular formula is C22H31ClN2O4. The second-order valence-electron chi connectivity index (χ2n) is 7.95. The molecule has 0 aromatic heterocycles. The number of hydrogen-bond donors (Lipinski definition) is 0. The summed E-state index contributed by atoms with van der Waals surface area (Å²) >= 11 is 6.00. The smallest absolute Gasteiger partial charge is 0.312 e. The van der Waals surface area contributed by atoms with E-state index in [0.717, 1.165) is 18.7 Å². The van der Waals surface area contributed by atoms with Gasteiger partial charge < -0.3 is 14.4 Å². The SMILES string of the molecule is CCOC(=O)C1(Cc2ccc(Cl)cc2)CCN(C(=O)[C@H](C)N2CCOCC2)CC1. The molecular weight excluding hydrogens is 392 g/mol. The van der Waals surface area contributed by atoms with Crippen molar-refractivity contribution in [1.82, 2.24) is 9.80 Å². The Morgan fingerprint density at radius 3 is 2.34 bits per heavy atom. The van der Waals surface area contributed by atoms with Crippen molar-refractivity contribution in [3.8, 4) is 0 Å². The van der Waals surface area contributed by atoms with Crippen LogP contribution in [0.25, 0.3) is 0 Å². The van der Waals surface area contributed by atoms with E-state index in [4.69, 9.17) is 21.1 Å². The number of amides is 1. The van der Waals surface area contributed by atoms with Crippen LogP contribution in [0.5, 0.6) is 0 Å². The lowest BCUT2D eigenvalue weighted by atomic mass is 9.73. The second kappa shape index (κ2) is 9.92. The normalized spacial score (nSPS) is 20.9. The summed E-state index contributed by atoms with van der Waals surface area (Å²) in [5.41, 5.74) is 0.465. The zero-order valence-corrected chi connectivity index (χ0v) is 18.1. The third-order valence-electron chi connectivity index (χ3n) is 6.15. The fourth-order valence-electron chi connectivity index (χ4n) is 4.27. The minimum absolute atomic E-state index is 0.135. The molecule has 1 atom stereocenters. The number of likely N-dealkylation sites (tertiary alicyclic amines) is 1. The van der Waals surface area contributed by atoms with Crippen molar-refractivity contribution in [2.75, 3.05) is 46.0 Å². The average molecular weight is 423 g/mol. The quantitative estimate of drug-likeness (QED) is 0.660. The molecule has 7 heteroatoms. The van der Waals surface area contributed by atoms with Gasteiger partial charge in [0.2, 0.25) is 5.91 Å². The monoisotopic (exact) mass is 422 g/mol. The molecule has 2 heterocycles. The Morgan fingerprint density at radius 1 is 1.14 bits per heavy atom. The molecule has 0 spiro atoms. The maximum atomic E-state index is 13.0. The second-order valence-corrected chi connectivity index (χ2v) is 8.39. The van der Waals surface area contributed by atoms with E-state index >= 15 is 0 Å². The average Bonchev–Trinajstić information content (AvgIpc) is 2.75. The van der Waals surface area contributed by atoms with Gasteiger partial charge in [-0.05, 0) is 50.8 Å². The lowest BCUT2D eigenvalue weighted by molar-refractivity contribution is -0.161. The molecule has 2 aliphatic heterocycles. The number of benzene rings is 1. The van der Waals surface area contributed by atoms with Crippen LogP contribution >= 0.6 is 11.6 Å². The highest BCUT2D eigenvalue weighted by atomic mass is 35.5. The summed E-state index contributed by atoms with van der Waals surface area (Å²) in [6.07, 6.45) is 1.82. The first-order valence-corrected chi connectivity index (χ1v) is 10.9. The van der Waals surface area contributed by atoms with Gasteiger partial charge in [-0.2, -0.15) is 0 Å². The van der Waals surface area contributed by atoms with Gasteiger partial charge in [-0.15, -0.1) is 0 Å². The van der Waals surface area contributed by atoms with Crippen LogP contribution in [0.3, 0.4) is 0 Å². The Bertz CT molecular complexity index is 695. The summed E-state index contributed by atoms with van der Waals surface area (Å²) in [5, 5.41) is 0.677. The van der Waals surface area contributed by atoms with E-state index in [1.165, 1.54) is 0 Å². The van der Waals surface area contributed by atoms with Crippen LogP contribution in [-0.4, -0.2) is 73.7 Å². The van der Waals surface area contributed by atoms with E-state index in [0.29, 0.717) is 57.2 Å². The highest BCUT2D eigenvalue weighted by molar-refractivity contribution is 6.30. The van der Waals surface area contributed by atoms with E-state index < -0.39 is 5.41 Å². The highest BCUT2D eigenvalue weighted by Crippen LogP contribution is 2.37. The van der Waals surface area contributed by atoms with Crippen molar-refractivity contribution in [2.24, 2.45) is 5.41 Å². The van der Waals surface area contributed by atoms with Crippen LogP contribution in [0.15, 0.2) is 24.3 Å². The Balaban J connectivity index is 1.67. The minimum atomic E-state index is -0.594. The zero-order valence-electron chi connectivity index (χ0n) is 17.4. The van der Waals surface area contributed by atoms with Gasteiger partial charge >= 0.3 is 5.97 Å². The number of carbonyl (C=O) groups excluding carboxylic acids is 2. The number of nitrogens with zero attached hydrogens (tertiary/aromatic N) is 2. The summed E-state index contributed by atoms with van der Waals surface area (Å²) in [7, 11) is 0. The van der Waals surface area contributed by atoms with E-state index in [2.05, 4.69) is 4.90 Å². The van der Waals surface area contributed by atoms with E-state index in [1.54, 1.807) is 0 Å². The molecule has 2 saturated heterocycles. The molecule has 29 heavy (non-hydrogen) atoms. The maximum absolute atomic E-state index is 13.0. The Morgan fingerprint density at radius 2 is 1.76 bits per heavy atom. The summed E-state index contributed by atoms with van der Waals surface area (Å²) < 4.78 is 10.8. The summed E-state index contributed by atoms with van der Waals surface area (Å²) in [4.78, 5) is 30.0. The molecule has 1 aromatic rings. The van der Waals surface area contributed by atoms with Crippen LogP contribution in [0.2, 0.25) is 5.02 Å². The molecule has 3 rings (SSSR count). The predicted molar refractivity (Wildman–Crippen MR) is 112 cm³/mol. The highest BCUT2D eigenvalue weighted by Gasteiger charge is 2.44. The first-order valence-electron chi connectivity index (χ1n) is 10.5. The third kappa shape index (κ3) is 5.30. The largest absolute Gasteiger partial charge is 0.466 e. The Hall–Kier alpha value is -1.63. The van der Waals surface area contributed by atoms with Gasteiger partial charge in [-0.25, -0.2) is 0 Å². The van der Waals surface area contributed by atoms with Crippen molar-refractivity contribution >= 4 is 23.5 Å². The standard InChI is InChI=1S/C22H31ClN2O4/c1-3-29-21(27)22(16-18-4-6-19(23)7-5-18)8-10-25(11-9-22)20(26)17(2)24-12-14-28-15-13-24/h4-7,17H,3,8-16H2,1-2H3/t17-/m0/s1. The van der Waals surface area contributed by atoms with E-state index in [-0.39, 0.29) is 17.9 Å². The number of hydrogen-bond acceptors (Lipinski definition) is 5. The van der Waals surface area contributed by atoms with Gasteiger partial charge in [0.15, 0.2) is 0 Å². The number of carbonyl (C=O) groups is 2. The number of halogens is 1. The first kappa shape index (κ1) is 22.1. The Kier molecular flexibility index (Phi) is 7.55. The van der Waals surface area contributed by atoms with Crippen LogP contribution in [0.1, 0.15) is 32.3 Å². The van der Waals surface area contributed by atoms with Gasteiger partial charge in [-0.1, -0.05) is 23.7 Å². The molecule has 0 saturated carbocycles. The number of rotatable bonds is 6. The molecule has 2 fully saturated rings. The fraction of sp³-hybridized carbons (Fsp3) is 0.636. The lowest BCUT2D eigenvalue weighted by Crippen LogP contribution is -2.54. The molecule has 1 aromatic carbocycles. The van der Waals surface area contributed by atoms with Crippen molar-refractivity contribution in [2.45, 2.75) is 39.2 Å². The van der Waals surface area contributed by atoms with Gasteiger partial charge in [-0.3, -0.25) is 14.5 Å². The van der Waals surface area contributed by atoms with Crippen molar-refractivity contribution in [3.05, 3.63) is 34.9 Å². The molecule has 0 bridgehead atoms. The number of morpholine rings is 1. The fourth-order valence-corrected chi connectivity index (χ4v) is 4.40. The summed E-state index contributed by atoms with van der Waals surface area (Å²) in [6.45, 7) is 8.20. The molecule has 0 unspecified atom stereocenters. The predicted octanol–water partition coefficient (Wildman–Crippen LogP) is 2.78. The van der Waals surface area contributed by atoms with Crippen LogP contribution in [0, 0.1) is 5.41 Å². The molecule has 6 nitrogen and oxygen atoms in total. The van der Waals surface area contributed by atoms with Gasteiger partial charge in [0.1, 0.15) is 0 Å². The van der Waals surface area contributed by atoms with Crippen molar-refractivity contribution < 1.29 is 19.1 Å². The van der Waals surface area contributed by atoms with Crippen molar-refractivity contribution in [1.29, 1.82) is 0 Å². The third-order valence-corrected chi connectivity index (χ3v) is 6.40. The molecule has 0 N–H and O–H groups in total. The topological polar surface area (TPSA) is 59.1 Å². The van der Waals surface area contributed by atoms with Gasteiger partial charge in [0.25, 0.3) is 0 Å². The lowest BCUT2D eigenvalue weighted by Gasteiger charge is -2.42. The van der Waals surface area contributed by atoms with E-state index in [1.807, 2.05) is 43.0 Å². The first-order chi connectivity index (χ1) is 13.9. The van der Waals surface area contributed by atoms with Gasteiger partial charge in [0, 0.05) is 31.2 Å². The van der Waals surface area contributed by atoms with E-state index in [9.17, 15) is 9.59 Å². The zero-order chi connectivity index (χ0) is 20.9. The Labute approximate surface area is 178 Å². The molecule has 1 amide bonds. The van der Waals surface area contributed by atoms with Crippen molar-refractivity contribution in [3.63, 3.8) is 0 Å². The summed E-state index contributed by atoms with van der Waals surface area (Å²) in [6, 6.07) is 7.45. The van der Waals surface area contributed by atoms with Gasteiger partial charge in [0.05, 0.1) is 31.3 Å². The number of piperidine rings is 1.